The van der Waals surface area contributed by atoms with Crippen molar-refractivity contribution in [3.63, 3.8) is 0 Å². The molecule has 4 rings (SSSR count). The van der Waals surface area contributed by atoms with Gasteiger partial charge in [0.05, 0.1) is 9.92 Å². The Morgan fingerprint density at radius 2 is 1.70 bits per heavy atom. The largest absolute Gasteiger partial charge is 0.476 e. The summed E-state index contributed by atoms with van der Waals surface area (Å²) in [5, 5.41) is 3.69. The van der Waals surface area contributed by atoms with E-state index in [-0.39, 0.29) is 11.9 Å². The zero-order valence-electron chi connectivity index (χ0n) is 19.5. The van der Waals surface area contributed by atoms with Gasteiger partial charge in [0, 0.05) is 30.1 Å². The van der Waals surface area contributed by atoms with Crippen LogP contribution in [0.2, 0.25) is 5.02 Å². The number of benzene rings is 2. The van der Waals surface area contributed by atoms with E-state index < -0.39 is 15.4 Å². The van der Waals surface area contributed by atoms with Crippen molar-refractivity contribution >= 4 is 33.0 Å². The number of piperidine rings is 1. The Hall–Kier alpha value is -2.25. The zero-order valence-corrected chi connectivity index (χ0v) is 21.0. The second-order valence-corrected chi connectivity index (χ2v) is 12.2. The number of hydrogen-bond acceptors (Lipinski definition) is 5. The first kappa shape index (κ1) is 23.9. The van der Waals surface area contributed by atoms with Crippen molar-refractivity contribution in [2.45, 2.75) is 75.1 Å². The Morgan fingerprint density at radius 1 is 1.09 bits per heavy atom. The van der Waals surface area contributed by atoms with Crippen LogP contribution < -0.4 is 15.0 Å². The van der Waals surface area contributed by atoms with E-state index in [1.165, 1.54) is 6.26 Å². The molecular weight excluding hydrogens is 460 g/mol. The van der Waals surface area contributed by atoms with Crippen molar-refractivity contribution < 1.29 is 17.9 Å². The Morgan fingerprint density at radius 3 is 2.24 bits per heavy atom. The van der Waals surface area contributed by atoms with Gasteiger partial charge in [-0.1, -0.05) is 17.7 Å². The van der Waals surface area contributed by atoms with Gasteiger partial charge in [-0.15, -0.1) is 0 Å². The number of rotatable bonds is 6. The van der Waals surface area contributed by atoms with Gasteiger partial charge in [-0.25, -0.2) is 8.42 Å². The first-order valence-electron chi connectivity index (χ1n) is 11.3. The molecule has 0 radical (unpaired) electrons. The number of sulfone groups is 1. The summed E-state index contributed by atoms with van der Waals surface area (Å²) in [4.78, 5) is 15.8. The fraction of sp³-hybridized carbons (Fsp3) is 0.480. The standard InChI is InChI=1S/C25H31ClN2O4S/c1-16-5-12-23(22(26)13-16)32-25(2,3)24(29)27-17-14-19-6-7-20(15-17)28(19)18-8-10-21(11-9-18)33(4,30)31/h5,8-13,17,19-20H,6-7,14-15H2,1-4H3,(H,27,29)/t17-,19+,20-. The minimum atomic E-state index is -3.21. The summed E-state index contributed by atoms with van der Waals surface area (Å²) in [5.41, 5.74) is 1.01. The van der Waals surface area contributed by atoms with Gasteiger partial charge in [-0.05, 0) is 88.4 Å². The number of ether oxygens (including phenoxy) is 1. The molecular formula is C25H31ClN2O4S. The number of anilines is 1. The van der Waals surface area contributed by atoms with Gasteiger partial charge in [0.2, 0.25) is 0 Å². The van der Waals surface area contributed by atoms with Gasteiger partial charge in [0.15, 0.2) is 15.4 Å². The average Bonchev–Trinajstić information content (AvgIpc) is 3.00. The summed E-state index contributed by atoms with van der Waals surface area (Å²) < 4.78 is 29.5. The van der Waals surface area contributed by atoms with Gasteiger partial charge >= 0.3 is 0 Å². The third-order valence-corrected chi connectivity index (χ3v) is 8.05. The van der Waals surface area contributed by atoms with Crippen LogP contribution in [0.25, 0.3) is 0 Å². The number of hydrogen-bond donors (Lipinski definition) is 1. The van der Waals surface area contributed by atoms with Crippen LogP contribution in [-0.2, 0) is 14.6 Å². The monoisotopic (exact) mass is 490 g/mol. The molecule has 1 amide bonds. The molecule has 2 aliphatic rings. The fourth-order valence-corrected chi connectivity index (χ4v) is 5.86. The minimum absolute atomic E-state index is 0.0675. The van der Waals surface area contributed by atoms with Crippen LogP contribution in [0.4, 0.5) is 5.69 Å². The maximum Gasteiger partial charge on any atom is 0.263 e. The van der Waals surface area contributed by atoms with Crippen molar-refractivity contribution in [1.82, 2.24) is 5.32 Å². The van der Waals surface area contributed by atoms with Crippen LogP contribution in [0, 0.1) is 6.92 Å². The first-order valence-corrected chi connectivity index (χ1v) is 13.6. The van der Waals surface area contributed by atoms with Gasteiger partial charge in [0.25, 0.3) is 5.91 Å². The van der Waals surface area contributed by atoms with Crippen LogP contribution in [0.15, 0.2) is 47.4 Å². The normalized spacial score (nSPS) is 22.8. The molecule has 33 heavy (non-hydrogen) atoms. The summed E-state index contributed by atoms with van der Waals surface area (Å²) in [6.07, 6.45) is 5.03. The molecule has 2 aromatic rings. The third kappa shape index (κ3) is 5.14. The highest BCUT2D eigenvalue weighted by molar-refractivity contribution is 7.90. The van der Waals surface area contributed by atoms with Crippen LogP contribution in [0.5, 0.6) is 5.75 Å². The van der Waals surface area contributed by atoms with Gasteiger partial charge in [0.1, 0.15) is 5.75 Å². The highest BCUT2D eigenvalue weighted by Crippen LogP contribution is 2.40. The van der Waals surface area contributed by atoms with Crippen molar-refractivity contribution in [1.29, 1.82) is 0 Å². The van der Waals surface area contributed by atoms with Gasteiger partial charge in [-0.3, -0.25) is 4.79 Å². The van der Waals surface area contributed by atoms with Crippen molar-refractivity contribution in [3.8, 4) is 5.75 Å². The second kappa shape index (κ2) is 8.84. The SMILES string of the molecule is Cc1ccc(OC(C)(C)C(=O)N[C@H]2C[C@H]3CC[C@@H](C2)N3c2ccc(S(C)(=O)=O)cc2)c(Cl)c1. The van der Waals surface area contributed by atoms with Crippen molar-refractivity contribution in [2.75, 3.05) is 11.2 Å². The van der Waals surface area contributed by atoms with E-state index >= 15 is 0 Å². The number of aryl methyl sites for hydroxylation is 1. The number of amides is 1. The molecule has 0 unspecified atom stereocenters. The van der Waals surface area contributed by atoms with Crippen molar-refractivity contribution in [2.24, 2.45) is 0 Å². The van der Waals surface area contributed by atoms with Crippen LogP contribution in [-0.4, -0.2) is 44.3 Å². The van der Waals surface area contributed by atoms with E-state index in [2.05, 4.69) is 10.2 Å². The highest BCUT2D eigenvalue weighted by Gasteiger charge is 2.42. The summed E-state index contributed by atoms with van der Waals surface area (Å²) in [6, 6.07) is 13.3. The lowest BCUT2D eigenvalue weighted by Gasteiger charge is -2.41. The van der Waals surface area contributed by atoms with E-state index in [4.69, 9.17) is 16.3 Å². The molecule has 3 atom stereocenters. The fourth-order valence-electron chi connectivity index (χ4n) is 4.95. The first-order chi connectivity index (χ1) is 15.4. The quantitative estimate of drug-likeness (QED) is 0.644. The number of nitrogens with one attached hydrogen (secondary N) is 1. The molecule has 1 N–H and O–H groups in total. The molecule has 2 aromatic carbocycles. The molecule has 2 aliphatic heterocycles. The summed E-state index contributed by atoms with van der Waals surface area (Å²) in [6.45, 7) is 5.46. The van der Waals surface area contributed by atoms with Gasteiger partial charge < -0.3 is 15.0 Å². The van der Waals surface area contributed by atoms with E-state index in [1.807, 2.05) is 31.2 Å². The topological polar surface area (TPSA) is 75.7 Å². The number of nitrogens with zero attached hydrogens (tertiary/aromatic N) is 1. The lowest BCUT2D eigenvalue weighted by atomic mass is 9.95. The Bertz CT molecular complexity index is 1130. The molecule has 0 spiro atoms. The summed E-state index contributed by atoms with van der Waals surface area (Å²) >= 11 is 6.29. The summed E-state index contributed by atoms with van der Waals surface area (Å²) in [7, 11) is -3.21. The number of carbonyl (C=O) groups is 1. The molecule has 2 bridgehead atoms. The molecule has 2 heterocycles. The van der Waals surface area contributed by atoms with Crippen LogP contribution in [0.3, 0.4) is 0 Å². The molecule has 178 valence electrons. The number of carbonyl (C=O) groups excluding carboxylic acids is 1. The molecule has 0 aromatic heterocycles. The molecule has 0 aliphatic carbocycles. The number of fused-ring (bicyclic) bond motifs is 2. The Kier molecular flexibility index (Phi) is 6.40. The number of halogens is 1. The Balaban J connectivity index is 1.41. The lowest BCUT2D eigenvalue weighted by molar-refractivity contribution is -0.135. The molecule has 2 fully saturated rings. The smallest absolute Gasteiger partial charge is 0.263 e. The maximum atomic E-state index is 13.1. The molecule has 0 saturated carbocycles. The third-order valence-electron chi connectivity index (χ3n) is 6.63. The lowest BCUT2D eigenvalue weighted by Crippen LogP contribution is -2.55. The molecule has 2 saturated heterocycles. The van der Waals surface area contributed by atoms with Crippen LogP contribution in [0.1, 0.15) is 45.1 Å². The minimum Gasteiger partial charge on any atom is -0.476 e. The van der Waals surface area contributed by atoms with Gasteiger partial charge in [-0.2, -0.15) is 0 Å². The second-order valence-electron chi connectivity index (χ2n) is 9.75. The molecule has 8 heteroatoms. The zero-order chi connectivity index (χ0) is 24.0. The summed E-state index contributed by atoms with van der Waals surface area (Å²) in [5.74, 6) is 0.337. The van der Waals surface area contributed by atoms with Crippen molar-refractivity contribution in [3.05, 3.63) is 53.1 Å². The van der Waals surface area contributed by atoms with Crippen LogP contribution >= 0.6 is 11.6 Å². The van der Waals surface area contributed by atoms with E-state index in [0.717, 1.165) is 36.9 Å². The van der Waals surface area contributed by atoms with E-state index in [0.29, 0.717) is 27.8 Å². The predicted molar refractivity (Wildman–Crippen MR) is 131 cm³/mol. The Labute approximate surface area is 201 Å². The maximum absolute atomic E-state index is 13.1. The predicted octanol–water partition coefficient (Wildman–Crippen LogP) is 4.53. The van der Waals surface area contributed by atoms with E-state index in [1.54, 1.807) is 32.0 Å². The molecule has 6 nitrogen and oxygen atoms in total. The van der Waals surface area contributed by atoms with E-state index in [9.17, 15) is 13.2 Å². The highest BCUT2D eigenvalue weighted by atomic mass is 35.5. The average molecular weight is 491 g/mol.